The van der Waals surface area contributed by atoms with E-state index >= 15 is 0 Å². The molecule has 3 nitrogen and oxygen atoms in total. The van der Waals surface area contributed by atoms with Gasteiger partial charge in [-0.3, -0.25) is 4.79 Å². The maximum Gasteiger partial charge on any atom is 0.231 e. The number of hydrogen-bond acceptors (Lipinski definition) is 2. The number of nitrogens with zero attached hydrogens (tertiary/aromatic N) is 1. The number of benzene rings is 2. The van der Waals surface area contributed by atoms with Crippen molar-refractivity contribution < 1.29 is 14.3 Å². The van der Waals surface area contributed by atoms with Crippen molar-refractivity contribution in [2.75, 3.05) is 11.9 Å². The van der Waals surface area contributed by atoms with Crippen LogP contribution < -0.4 is 4.90 Å². The highest BCUT2D eigenvalue weighted by molar-refractivity contribution is 6.00. The molecule has 1 amide bonds. The largest absolute Gasteiger partial charge is 0.388 e. The Morgan fingerprint density at radius 1 is 1.29 bits per heavy atom. The minimum absolute atomic E-state index is 0.0470. The van der Waals surface area contributed by atoms with E-state index in [9.17, 15) is 14.3 Å². The van der Waals surface area contributed by atoms with E-state index < -0.39 is 6.10 Å². The standard InChI is InChI=1S/C17H16FNO2/c1-19-15-7-6-12(8-13(15)10-17(19)21)16(20)9-11-4-2-3-5-14(11)18/h2-8,16,20H,9-10H2,1H3. The number of carbonyl (C=O) groups excluding carboxylic acids is 1. The SMILES string of the molecule is CN1C(=O)Cc2cc(C(O)Cc3ccccc3F)ccc21. The molecule has 2 aromatic carbocycles. The van der Waals surface area contributed by atoms with Crippen LogP contribution in [0, 0.1) is 5.82 Å². The van der Waals surface area contributed by atoms with Gasteiger partial charge in [0.05, 0.1) is 12.5 Å². The van der Waals surface area contributed by atoms with Crippen molar-refractivity contribution in [1.82, 2.24) is 0 Å². The topological polar surface area (TPSA) is 40.5 Å². The summed E-state index contributed by atoms with van der Waals surface area (Å²) in [6, 6.07) is 11.9. The quantitative estimate of drug-likeness (QED) is 0.941. The van der Waals surface area contributed by atoms with Gasteiger partial charge in [-0.2, -0.15) is 0 Å². The van der Waals surface area contributed by atoms with Crippen LogP contribution in [0.2, 0.25) is 0 Å². The number of hydrogen-bond donors (Lipinski definition) is 1. The Morgan fingerprint density at radius 3 is 2.81 bits per heavy atom. The fourth-order valence-electron chi connectivity index (χ4n) is 2.69. The lowest BCUT2D eigenvalue weighted by Gasteiger charge is -2.14. The summed E-state index contributed by atoms with van der Waals surface area (Å²) in [5.41, 5.74) is 2.98. The maximum absolute atomic E-state index is 13.6. The summed E-state index contributed by atoms with van der Waals surface area (Å²) < 4.78 is 13.6. The van der Waals surface area contributed by atoms with E-state index in [1.165, 1.54) is 6.07 Å². The molecule has 4 heteroatoms. The molecule has 1 aliphatic heterocycles. The van der Waals surface area contributed by atoms with Gasteiger partial charge in [0, 0.05) is 19.2 Å². The van der Waals surface area contributed by atoms with Gasteiger partial charge in [-0.15, -0.1) is 0 Å². The molecule has 0 saturated carbocycles. The average Bonchev–Trinajstić information content (AvgIpc) is 2.76. The number of aliphatic hydroxyl groups excluding tert-OH is 1. The molecular weight excluding hydrogens is 269 g/mol. The van der Waals surface area contributed by atoms with E-state index in [2.05, 4.69) is 0 Å². The smallest absolute Gasteiger partial charge is 0.231 e. The van der Waals surface area contributed by atoms with E-state index in [0.29, 0.717) is 17.5 Å². The van der Waals surface area contributed by atoms with Gasteiger partial charge in [0.25, 0.3) is 0 Å². The van der Waals surface area contributed by atoms with Crippen molar-refractivity contribution in [3.8, 4) is 0 Å². The third-order valence-corrected chi connectivity index (χ3v) is 3.94. The number of aliphatic hydroxyl groups is 1. The molecule has 0 bridgehead atoms. The zero-order valence-corrected chi connectivity index (χ0v) is 11.7. The maximum atomic E-state index is 13.6. The summed E-state index contributed by atoms with van der Waals surface area (Å²) in [5, 5.41) is 10.3. The van der Waals surface area contributed by atoms with Crippen LogP contribution >= 0.6 is 0 Å². The molecule has 0 radical (unpaired) electrons. The van der Waals surface area contributed by atoms with E-state index in [1.54, 1.807) is 36.2 Å². The lowest BCUT2D eigenvalue weighted by molar-refractivity contribution is -0.117. The molecule has 1 heterocycles. The van der Waals surface area contributed by atoms with Crippen molar-refractivity contribution in [3.05, 3.63) is 65.0 Å². The van der Waals surface area contributed by atoms with Gasteiger partial charge >= 0.3 is 0 Å². The molecule has 1 N–H and O–H groups in total. The third kappa shape index (κ3) is 2.54. The first kappa shape index (κ1) is 13.8. The Hall–Kier alpha value is -2.20. The fraction of sp³-hybridized carbons (Fsp3) is 0.235. The number of fused-ring (bicyclic) bond motifs is 1. The van der Waals surface area contributed by atoms with Crippen LogP contribution in [0.1, 0.15) is 22.8 Å². The second kappa shape index (κ2) is 5.30. The summed E-state index contributed by atoms with van der Waals surface area (Å²) in [7, 11) is 1.74. The van der Waals surface area contributed by atoms with Crippen LogP contribution in [0.4, 0.5) is 10.1 Å². The first-order valence-corrected chi connectivity index (χ1v) is 6.87. The van der Waals surface area contributed by atoms with Crippen LogP contribution in [0.25, 0.3) is 0 Å². The minimum atomic E-state index is -0.784. The van der Waals surface area contributed by atoms with Crippen molar-refractivity contribution >= 4 is 11.6 Å². The Morgan fingerprint density at radius 2 is 2.05 bits per heavy atom. The Labute approximate surface area is 122 Å². The third-order valence-electron chi connectivity index (χ3n) is 3.94. The molecular formula is C17H16FNO2. The number of likely N-dealkylation sites (N-methyl/N-ethyl adjacent to an activating group) is 1. The number of anilines is 1. The van der Waals surface area contributed by atoms with Crippen molar-refractivity contribution in [1.29, 1.82) is 0 Å². The highest BCUT2D eigenvalue weighted by Crippen LogP contribution is 2.31. The van der Waals surface area contributed by atoms with E-state index in [0.717, 1.165) is 11.3 Å². The molecule has 1 unspecified atom stereocenters. The lowest BCUT2D eigenvalue weighted by Crippen LogP contribution is -2.20. The van der Waals surface area contributed by atoms with Gasteiger partial charge in [-0.1, -0.05) is 30.3 Å². The molecule has 0 aromatic heterocycles. The fourth-order valence-corrected chi connectivity index (χ4v) is 2.69. The van der Waals surface area contributed by atoms with Gasteiger partial charge in [0.1, 0.15) is 5.82 Å². The second-order valence-corrected chi connectivity index (χ2v) is 5.33. The van der Waals surface area contributed by atoms with Crippen LogP contribution in [0.5, 0.6) is 0 Å². The van der Waals surface area contributed by atoms with Crippen LogP contribution in [0.3, 0.4) is 0 Å². The number of rotatable bonds is 3. The van der Waals surface area contributed by atoms with Gasteiger partial charge in [-0.05, 0) is 28.8 Å². The zero-order chi connectivity index (χ0) is 15.0. The summed E-state index contributed by atoms with van der Waals surface area (Å²) in [5.74, 6) is -0.265. The predicted molar refractivity (Wildman–Crippen MR) is 78.6 cm³/mol. The Kier molecular flexibility index (Phi) is 3.47. The predicted octanol–water partition coefficient (Wildman–Crippen LogP) is 2.62. The van der Waals surface area contributed by atoms with Crippen LogP contribution in [-0.4, -0.2) is 18.1 Å². The molecule has 0 fully saturated rings. The van der Waals surface area contributed by atoms with E-state index in [1.807, 2.05) is 12.1 Å². The number of halogens is 1. The molecule has 1 aliphatic rings. The number of carbonyl (C=O) groups is 1. The van der Waals surface area contributed by atoms with Gasteiger partial charge in [-0.25, -0.2) is 4.39 Å². The summed E-state index contributed by atoms with van der Waals surface area (Å²) in [4.78, 5) is 13.3. The second-order valence-electron chi connectivity index (χ2n) is 5.33. The van der Waals surface area contributed by atoms with Crippen molar-refractivity contribution in [2.24, 2.45) is 0 Å². The molecule has 0 aliphatic carbocycles. The van der Waals surface area contributed by atoms with Crippen LogP contribution in [-0.2, 0) is 17.6 Å². The van der Waals surface area contributed by atoms with Gasteiger partial charge < -0.3 is 10.0 Å². The lowest BCUT2D eigenvalue weighted by atomic mass is 9.98. The van der Waals surface area contributed by atoms with Crippen LogP contribution in [0.15, 0.2) is 42.5 Å². The van der Waals surface area contributed by atoms with Crippen molar-refractivity contribution in [3.63, 3.8) is 0 Å². The Balaban J connectivity index is 1.84. The monoisotopic (exact) mass is 285 g/mol. The van der Waals surface area contributed by atoms with E-state index in [-0.39, 0.29) is 18.1 Å². The zero-order valence-electron chi connectivity index (χ0n) is 11.7. The molecule has 108 valence electrons. The van der Waals surface area contributed by atoms with Gasteiger partial charge in [0.15, 0.2) is 0 Å². The highest BCUT2D eigenvalue weighted by atomic mass is 19.1. The molecule has 0 spiro atoms. The molecule has 3 rings (SSSR count). The molecule has 0 saturated heterocycles. The van der Waals surface area contributed by atoms with E-state index in [4.69, 9.17) is 0 Å². The molecule has 1 atom stereocenters. The molecule has 2 aromatic rings. The normalized spacial score (nSPS) is 15.2. The first-order chi connectivity index (χ1) is 10.1. The molecule has 21 heavy (non-hydrogen) atoms. The first-order valence-electron chi connectivity index (χ1n) is 6.87. The summed E-state index contributed by atoms with van der Waals surface area (Å²) >= 11 is 0. The summed E-state index contributed by atoms with van der Waals surface area (Å²) in [6.07, 6.45) is -0.213. The average molecular weight is 285 g/mol. The van der Waals surface area contributed by atoms with Gasteiger partial charge in [0.2, 0.25) is 5.91 Å². The Bertz CT molecular complexity index is 699. The summed E-state index contributed by atoms with van der Waals surface area (Å²) in [6.45, 7) is 0. The highest BCUT2D eigenvalue weighted by Gasteiger charge is 2.24. The minimum Gasteiger partial charge on any atom is -0.388 e. The number of amides is 1. The van der Waals surface area contributed by atoms with Crippen molar-refractivity contribution in [2.45, 2.75) is 18.9 Å².